The van der Waals surface area contributed by atoms with Crippen molar-refractivity contribution in [2.45, 2.75) is 19.4 Å². The first-order chi connectivity index (χ1) is 11.9. The van der Waals surface area contributed by atoms with Crippen molar-refractivity contribution >= 4 is 23.2 Å². The number of aromatic nitrogens is 3. The summed E-state index contributed by atoms with van der Waals surface area (Å²) >= 11 is 5.86. The summed E-state index contributed by atoms with van der Waals surface area (Å²) in [7, 11) is 0. The van der Waals surface area contributed by atoms with E-state index in [1.807, 2.05) is 0 Å². The lowest BCUT2D eigenvalue weighted by atomic mass is 10.1. The first kappa shape index (κ1) is 17.0. The van der Waals surface area contributed by atoms with Gasteiger partial charge in [0.2, 0.25) is 0 Å². The van der Waals surface area contributed by atoms with Crippen LogP contribution in [0.1, 0.15) is 13.8 Å². The lowest BCUT2D eigenvalue weighted by Crippen LogP contribution is -2.42. The van der Waals surface area contributed by atoms with Crippen LogP contribution >= 0.6 is 11.6 Å². The molecule has 0 aliphatic carbocycles. The Morgan fingerprint density at radius 1 is 1.20 bits per heavy atom. The van der Waals surface area contributed by atoms with Crippen molar-refractivity contribution in [3.63, 3.8) is 0 Å². The predicted octanol–water partition coefficient (Wildman–Crippen LogP) is 3.72. The normalized spacial score (nSPS) is 11.2. The second-order valence-corrected chi connectivity index (χ2v) is 6.33. The highest BCUT2D eigenvalue weighted by Gasteiger charge is 2.30. The molecule has 0 unspecified atom stereocenters. The number of benzene rings is 1. The molecule has 0 atom stereocenters. The molecule has 0 saturated carbocycles. The Bertz CT molecular complexity index is 844. The van der Waals surface area contributed by atoms with Gasteiger partial charge in [-0.15, -0.1) is 0 Å². The topological polar surface area (TPSA) is 69.0 Å². The van der Waals surface area contributed by atoms with Crippen molar-refractivity contribution in [1.82, 2.24) is 14.5 Å². The molecule has 0 bridgehead atoms. The highest BCUT2D eigenvalue weighted by atomic mass is 35.5. The van der Waals surface area contributed by atoms with Gasteiger partial charge in [0, 0.05) is 17.4 Å². The maximum atomic E-state index is 12.5. The minimum atomic E-state index is -1.06. The summed E-state index contributed by atoms with van der Waals surface area (Å²) in [6.45, 7) is 3.40. The summed E-state index contributed by atoms with van der Waals surface area (Å²) in [5.41, 5.74) is -0.474. The van der Waals surface area contributed by atoms with Crippen LogP contribution in [0.4, 0.5) is 5.69 Å². The van der Waals surface area contributed by atoms with E-state index < -0.39 is 5.60 Å². The first-order valence-corrected chi connectivity index (χ1v) is 8.02. The van der Waals surface area contributed by atoms with Gasteiger partial charge in [0.25, 0.3) is 5.91 Å². The number of nitrogens with one attached hydrogen (secondary N) is 1. The largest absolute Gasteiger partial charge is 0.478 e. The Balaban J connectivity index is 1.67. The van der Waals surface area contributed by atoms with Crippen LogP contribution in [0.3, 0.4) is 0 Å². The summed E-state index contributed by atoms with van der Waals surface area (Å²) in [6, 6.07) is 10.4. The first-order valence-electron chi connectivity index (χ1n) is 7.64. The molecule has 3 aromatic rings. The second-order valence-electron chi connectivity index (χ2n) is 5.90. The van der Waals surface area contributed by atoms with E-state index >= 15 is 0 Å². The van der Waals surface area contributed by atoms with E-state index in [0.717, 1.165) is 0 Å². The van der Waals surface area contributed by atoms with E-state index in [4.69, 9.17) is 16.3 Å². The Hall–Kier alpha value is -2.86. The number of hydrogen-bond acceptors (Lipinski definition) is 4. The van der Waals surface area contributed by atoms with Gasteiger partial charge in [0.05, 0.1) is 11.9 Å². The molecule has 0 fully saturated rings. The monoisotopic (exact) mass is 356 g/mol. The second kappa shape index (κ2) is 6.94. The molecular weight excluding hydrogens is 340 g/mol. The van der Waals surface area contributed by atoms with E-state index in [-0.39, 0.29) is 5.91 Å². The zero-order valence-electron chi connectivity index (χ0n) is 13.8. The van der Waals surface area contributed by atoms with Crippen LogP contribution in [0.5, 0.6) is 5.75 Å². The molecule has 0 spiro atoms. The molecule has 0 aliphatic heterocycles. The van der Waals surface area contributed by atoms with Crippen LogP contribution in [0.2, 0.25) is 5.02 Å². The molecule has 7 heteroatoms. The summed E-state index contributed by atoms with van der Waals surface area (Å²) in [4.78, 5) is 20.8. The van der Waals surface area contributed by atoms with Crippen LogP contribution in [0.25, 0.3) is 5.82 Å². The number of pyridine rings is 1. The van der Waals surface area contributed by atoms with Crippen molar-refractivity contribution in [3.05, 3.63) is 66.3 Å². The number of ether oxygens (including phenoxy) is 1. The average Bonchev–Trinajstić information content (AvgIpc) is 3.12. The van der Waals surface area contributed by atoms with Gasteiger partial charge in [0.1, 0.15) is 17.9 Å². The molecule has 128 valence electrons. The molecule has 0 saturated heterocycles. The number of hydrogen-bond donors (Lipinski definition) is 1. The molecule has 25 heavy (non-hydrogen) atoms. The quantitative estimate of drug-likeness (QED) is 0.756. The fourth-order valence-corrected chi connectivity index (χ4v) is 2.26. The number of imidazole rings is 1. The smallest absolute Gasteiger partial charge is 0.268 e. The van der Waals surface area contributed by atoms with Gasteiger partial charge < -0.3 is 10.1 Å². The number of nitrogens with zero attached hydrogens (tertiary/aromatic N) is 3. The maximum Gasteiger partial charge on any atom is 0.268 e. The van der Waals surface area contributed by atoms with E-state index in [2.05, 4.69) is 15.3 Å². The fourth-order valence-electron chi connectivity index (χ4n) is 2.13. The molecule has 1 N–H and O–H groups in total. The third-order valence-corrected chi connectivity index (χ3v) is 3.76. The van der Waals surface area contributed by atoms with E-state index in [1.165, 1.54) is 0 Å². The van der Waals surface area contributed by atoms with E-state index in [1.54, 1.807) is 79.7 Å². The molecule has 0 aliphatic rings. The molecule has 0 radical (unpaired) electrons. The summed E-state index contributed by atoms with van der Waals surface area (Å²) < 4.78 is 7.55. The maximum absolute atomic E-state index is 12.5. The van der Waals surface area contributed by atoms with Gasteiger partial charge in [-0.2, -0.15) is 0 Å². The molecule has 1 amide bonds. The Morgan fingerprint density at radius 3 is 2.56 bits per heavy atom. The lowest BCUT2D eigenvalue weighted by molar-refractivity contribution is -0.128. The van der Waals surface area contributed by atoms with Gasteiger partial charge in [-0.05, 0) is 50.2 Å². The van der Waals surface area contributed by atoms with Crippen molar-refractivity contribution in [1.29, 1.82) is 0 Å². The highest BCUT2D eigenvalue weighted by molar-refractivity contribution is 6.30. The van der Waals surface area contributed by atoms with Gasteiger partial charge >= 0.3 is 0 Å². The van der Waals surface area contributed by atoms with Crippen molar-refractivity contribution in [2.75, 3.05) is 5.32 Å². The predicted molar refractivity (Wildman–Crippen MR) is 96.1 cm³/mol. The highest BCUT2D eigenvalue weighted by Crippen LogP contribution is 2.22. The molecule has 3 rings (SSSR count). The molecule has 6 nitrogen and oxygen atoms in total. The Kier molecular flexibility index (Phi) is 4.72. The zero-order valence-corrected chi connectivity index (χ0v) is 14.6. The van der Waals surface area contributed by atoms with Crippen LogP contribution in [0, 0.1) is 0 Å². The number of halogens is 1. The molecule has 2 aromatic heterocycles. The van der Waals surface area contributed by atoms with Crippen LogP contribution < -0.4 is 10.1 Å². The molecule has 1 aromatic carbocycles. The van der Waals surface area contributed by atoms with Crippen LogP contribution in [0.15, 0.2) is 61.3 Å². The summed E-state index contributed by atoms with van der Waals surface area (Å²) in [5.74, 6) is 1.00. The van der Waals surface area contributed by atoms with Gasteiger partial charge in [0.15, 0.2) is 5.60 Å². The van der Waals surface area contributed by atoms with Gasteiger partial charge in [-0.1, -0.05) is 11.6 Å². The number of amides is 1. The van der Waals surface area contributed by atoms with Gasteiger partial charge in [-0.25, -0.2) is 9.97 Å². The van der Waals surface area contributed by atoms with E-state index in [9.17, 15) is 4.79 Å². The number of carbonyl (C=O) groups is 1. The van der Waals surface area contributed by atoms with Crippen molar-refractivity contribution in [3.8, 4) is 11.6 Å². The summed E-state index contributed by atoms with van der Waals surface area (Å²) in [6.07, 6.45) is 6.72. The fraction of sp³-hybridized carbons (Fsp3) is 0.167. The van der Waals surface area contributed by atoms with Gasteiger partial charge in [-0.3, -0.25) is 9.36 Å². The third-order valence-electron chi connectivity index (χ3n) is 3.51. The zero-order chi connectivity index (χ0) is 17.9. The lowest BCUT2D eigenvalue weighted by Gasteiger charge is -2.25. The third kappa shape index (κ3) is 4.16. The van der Waals surface area contributed by atoms with Crippen molar-refractivity contribution in [2.24, 2.45) is 0 Å². The van der Waals surface area contributed by atoms with Crippen LogP contribution in [-0.4, -0.2) is 26.0 Å². The SMILES string of the molecule is CC(C)(Oc1ccc(Cl)cc1)C(=O)Nc1ccc(-n2ccnc2)nc1. The summed E-state index contributed by atoms with van der Waals surface area (Å²) in [5, 5.41) is 3.42. The number of rotatable bonds is 5. The molecular formula is C18H17ClN4O2. The Morgan fingerprint density at radius 2 is 1.96 bits per heavy atom. The van der Waals surface area contributed by atoms with Crippen molar-refractivity contribution < 1.29 is 9.53 Å². The van der Waals surface area contributed by atoms with Crippen LogP contribution in [-0.2, 0) is 4.79 Å². The molecule has 2 heterocycles. The standard InChI is InChI=1S/C18H17ClN4O2/c1-18(2,25-15-6-3-13(19)4-7-15)17(24)22-14-5-8-16(21-11-14)23-10-9-20-12-23/h3-12H,1-2H3,(H,22,24). The number of anilines is 1. The minimum absolute atomic E-state index is 0.278. The minimum Gasteiger partial charge on any atom is -0.478 e. The number of carbonyl (C=O) groups excluding carboxylic acids is 1. The average molecular weight is 357 g/mol. The van der Waals surface area contributed by atoms with E-state index in [0.29, 0.717) is 22.3 Å². The Labute approximate surface area is 150 Å².